The van der Waals surface area contributed by atoms with Crippen molar-refractivity contribution >= 4 is 29.0 Å². The highest BCUT2D eigenvalue weighted by Gasteiger charge is 2.30. The largest absolute Gasteiger partial charge is 0.318 e. The number of rotatable bonds is 6. The standard InChI is InChI=1S/C26H28F2N4/c1-15-9-17-7-5-6-8-21(17)22(10-15)24-23(27)12-18(11-19-13-20(32-19)14-29-3)26(25(24)28)31-16(2)30-4/h5-10,12,19-20,29,32H,4,11,13-14H2,1-3H3. The maximum Gasteiger partial charge on any atom is 0.159 e. The van der Waals surface area contributed by atoms with Crippen molar-refractivity contribution in [2.24, 2.45) is 9.98 Å². The lowest BCUT2D eigenvalue weighted by molar-refractivity contribution is 0.258. The van der Waals surface area contributed by atoms with Crippen molar-refractivity contribution in [1.29, 1.82) is 0 Å². The van der Waals surface area contributed by atoms with Gasteiger partial charge in [-0.05, 0) is 74.0 Å². The van der Waals surface area contributed by atoms with Crippen LogP contribution >= 0.6 is 0 Å². The Morgan fingerprint density at radius 2 is 1.94 bits per heavy atom. The Morgan fingerprint density at radius 3 is 2.66 bits per heavy atom. The van der Waals surface area contributed by atoms with E-state index < -0.39 is 11.6 Å². The van der Waals surface area contributed by atoms with Gasteiger partial charge in [-0.2, -0.15) is 0 Å². The van der Waals surface area contributed by atoms with E-state index in [0.29, 0.717) is 29.4 Å². The van der Waals surface area contributed by atoms with Gasteiger partial charge in [-0.3, -0.25) is 0 Å². The molecule has 6 heteroatoms. The van der Waals surface area contributed by atoms with Crippen LogP contribution in [-0.4, -0.2) is 38.2 Å². The molecule has 0 spiro atoms. The van der Waals surface area contributed by atoms with Gasteiger partial charge in [-0.1, -0.05) is 36.4 Å². The van der Waals surface area contributed by atoms with Crippen LogP contribution in [0.1, 0.15) is 24.5 Å². The molecule has 1 saturated heterocycles. The zero-order chi connectivity index (χ0) is 22.8. The van der Waals surface area contributed by atoms with Gasteiger partial charge in [0.25, 0.3) is 0 Å². The molecule has 4 rings (SSSR count). The highest BCUT2D eigenvalue weighted by molar-refractivity contribution is 5.98. The first-order valence-corrected chi connectivity index (χ1v) is 10.8. The predicted molar refractivity (Wildman–Crippen MR) is 129 cm³/mol. The fourth-order valence-electron chi connectivity index (χ4n) is 4.49. The van der Waals surface area contributed by atoms with E-state index in [0.717, 1.165) is 29.3 Å². The van der Waals surface area contributed by atoms with Crippen molar-refractivity contribution in [2.45, 2.75) is 38.8 Å². The maximum absolute atomic E-state index is 16.0. The molecule has 166 valence electrons. The maximum atomic E-state index is 16.0. The fourth-order valence-corrected chi connectivity index (χ4v) is 4.49. The second-order valence-corrected chi connectivity index (χ2v) is 8.46. The predicted octanol–water partition coefficient (Wildman–Crippen LogP) is 5.34. The van der Waals surface area contributed by atoms with Crippen LogP contribution in [0.3, 0.4) is 0 Å². The zero-order valence-corrected chi connectivity index (χ0v) is 18.7. The Kier molecular flexibility index (Phi) is 6.44. The SMILES string of the molecule is C=NC(C)=Nc1c(CC2CC(CNC)N2)cc(F)c(-c2cc(C)cc3ccccc23)c1F. The van der Waals surface area contributed by atoms with Gasteiger partial charge in [0.1, 0.15) is 17.3 Å². The number of nitrogens with one attached hydrogen (secondary N) is 2. The second kappa shape index (κ2) is 9.27. The average molecular weight is 435 g/mol. The molecule has 1 aliphatic heterocycles. The van der Waals surface area contributed by atoms with Crippen molar-refractivity contribution in [2.75, 3.05) is 13.6 Å². The first-order chi connectivity index (χ1) is 15.4. The minimum absolute atomic E-state index is 0.0566. The molecular formula is C26H28F2N4. The third kappa shape index (κ3) is 4.33. The molecule has 0 amide bonds. The number of likely N-dealkylation sites (N-methyl/N-ethyl adjacent to an activating group) is 1. The van der Waals surface area contributed by atoms with Crippen molar-refractivity contribution in [3.8, 4) is 11.1 Å². The van der Waals surface area contributed by atoms with Crippen LogP contribution in [0.5, 0.6) is 0 Å². The minimum atomic E-state index is -0.662. The van der Waals surface area contributed by atoms with Crippen LogP contribution in [0.25, 0.3) is 21.9 Å². The van der Waals surface area contributed by atoms with Crippen LogP contribution in [0.4, 0.5) is 14.5 Å². The van der Waals surface area contributed by atoms with E-state index in [1.165, 1.54) is 6.07 Å². The monoisotopic (exact) mass is 434 g/mol. The normalized spacial score (nSPS) is 18.6. The summed E-state index contributed by atoms with van der Waals surface area (Å²) in [5, 5.41) is 8.32. The number of amidine groups is 1. The highest BCUT2D eigenvalue weighted by Crippen LogP contribution is 2.39. The summed E-state index contributed by atoms with van der Waals surface area (Å²) in [7, 11) is 1.91. The van der Waals surface area contributed by atoms with Crippen molar-refractivity contribution < 1.29 is 8.78 Å². The second-order valence-electron chi connectivity index (χ2n) is 8.46. The van der Waals surface area contributed by atoms with Gasteiger partial charge in [0.2, 0.25) is 0 Å². The number of halogens is 2. The van der Waals surface area contributed by atoms with Gasteiger partial charge in [-0.15, -0.1) is 0 Å². The number of nitrogens with zero attached hydrogens (tertiary/aromatic N) is 2. The van der Waals surface area contributed by atoms with E-state index in [1.54, 1.807) is 6.92 Å². The van der Waals surface area contributed by atoms with E-state index in [4.69, 9.17) is 0 Å². The van der Waals surface area contributed by atoms with Crippen LogP contribution in [0, 0.1) is 18.6 Å². The third-order valence-electron chi connectivity index (χ3n) is 6.01. The summed E-state index contributed by atoms with van der Waals surface area (Å²) >= 11 is 0. The van der Waals surface area contributed by atoms with Crippen LogP contribution < -0.4 is 10.6 Å². The molecule has 0 saturated carbocycles. The summed E-state index contributed by atoms with van der Waals surface area (Å²) in [6.45, 7) is 7.94. The fraction of sp³-hybridized carbons (Fsp3) is 0.308. The zero-order valence-electron chi connectivity index (χ0n) is 18.7. The molecule has 1 heterocycles. The molecule has 3 aromatic carbocycles. The summed E-state index contributed by atoms with van der Waals surface area (Å²) < 4.78 is 31.4. The highest BCUT2D eigenvalue weighted by atomic mass is 19.1. The molecule has 4 nitrogen and oxygen atoms in total. The van der Waals surface area contributed by atoms with Crippen LogP contribution in [0.2, 0.25) is 0 Å². The Hall–Kier alpha value is -2.96. The molecular weight excluding hydrogens is 406 g/mol. The van der Waals surface area contributed by atoms with Crippen LogP contribution in [0.15, 0.2) is 52.4 Å². The van der Waals surface area contributed by atoms with Gasteiger partial charge in [0.05, 0.1) is 5.56 Å². The molecule has 3 aromatic rings. The van der Waals surface area contributed by atoms with E-state index >= 15 is 8.78 Å². The summed E-state index contributed by atoms with van der Waals surface area (Å²) in [6.07, 6.45) is 1.43. The van der Waals surface area contributed by atoms with Crippen LogP contribution in [-0.2, 0) is 6.42 Å². The number of benzene rings is 3. The Bertz CT molecular complexity index is 1200. The van der Waals surface area contributed by atoms with Gasteiger partial charge in [-0.25, -0.2) is 18.8 Å². The van der Waals surface area contributed by atoms with Gasteiger partial charge >= 0.3 is 0 Å². The summed E-state index contributed by atoms with van der Waals surface area (Å²) in [4.78, 5) is 8.20. The molecule has 0 bridgehead atoms. The Balaban J connectivity index is 1.84. The minimum Gasteiger partial charge on any atom is -0.318 e. The first-order valence-electron chi connectivity index (χ1n) is 10.8. The van der Waals surface area contributed by atoms with E-state index in [2.05, 4.69) is 27.3 Å². The third-order valence-corrected chi connectivity index (χ3v) is 6.01. The van der Waals surface area contributed by atoms with E-state index in [1.807, 2.05) is 50.4 Å². The number of fused-ring (bicyclic) bond motifs is 1. The molecule has 1 aliphatic rings. The number of aryl methyl sites for hydroxylation is 1. The summed E-state index contributed by atoms with van der Waals surface area (Å²) in [5.74, 6) is -0.904. The molecule has 0 aliphatic carbocycles. The Labute approximate surface area is 187 Å². The van der Waals surface area contributed by atoms with E-state index in [-0.39, 0.29) is 17.3 Å². The molecule has 2 unspecified atom stereocenters. The lowest BCUT2D eigenvalue weighted by Gasteiger charge is -2.37. The first kappa shape index (κ1) is 22.2. The Morgan fingerprint density at radius 1 is 1.19 bits per heavy atom. The lowest BCUT2D eigenvalue weighted by atomic mass is 9.88. The smallest absolute Gasteiger partial charge is 0.159 e. The summed E-state index contributed by atoms with van der Waals surface area (Å²) in [5.41, 5.74) is 2.07. The molecule has 2 atom stereocenters. The molecule has 0 aromatic heterocycles. The topological polar surface area (TPSA) is 48.8 Å². The lowest BCUT2D eigenvalue weighted by Crippen LogP contribution is -2.57. The van der Waals surface area contributed by atoms with E-state index in [9.17, 15) is 0 Å². The number of aliphatic imine (C=N–C) groups is 2. The molecule has 2 N–H and O–H groups in total. The number of hydrogen-bond acceptors (Lipinski definition) is 3. The average Bonchev–Trinajstić information content (AvgIpc) is 2.74. The molecule has 32 heavy (non-hydrogen) atoms. The number of hydrogen-bond donors (Lipinski definition) is 2. The van der Waals surface area contributed by atoms with Gasteiger partial charge < -0.3 is 10.6 Å². The van der Waals surface area contributed by atoms with Crippen molar-refractivity contribution in [3.05, 3.63) is 65.2 Å². The summed E-state index contributed by atoms with van der Waals surface area (Å²) in [6, 6.07) is 13.4. The van der Waals surface area contributed by atoms with Gasteiger partial charge in [0, 0.05) is 18.6 Å². The molecule has 1 fully saturated rings. The van der Waals surface area contributed by atoms with Crippen molar-refractivity contribution in [1.82, 2.24) is 10.6 Å². The van der Waals surface area contributed by atoms with Crippen molar-refractivity contribution in [3.63, 3.8) is 0 Å². The molecule has 0 radical (unpaired) electrons. The quantitative estimate of drug-likeness (QED) is 0.407. The van der Waals surface area contributed by atoms with Gasteiger partial charge in [0.15, 0.2) is 5.82 Å².